The molecule has 0 atom stereocenters. The smallest absolute Gasteiger partial charge is 0.253 e. The molecule has 3 rings (SSSR count). The van der Waals surface area contributed by atoms with Gasteiger partial charge < -0.3 is 19.6 Å². The number of hydrogen-bond acceptors (Lipinski definition) is 5. The van der Waals surface area contributed by atoms with E-state index in [4.69, 9.17) is 14.7 Å². The van der Waals surface area contributed by atoms with Crippen LogP contribution in [-0.4, -0.2) is 42.4 Å². The van der Waals surface area contributed by atoms with E-state index < -0.39 is 0 Å². The molecule has 6 heteroatoms. The predicted molar refractivity (Wildman–Crippen MR) is 103 cm³/mol. The van der Waals surface area contributed by atoms with Gasteiger partial charge >= 0.3 is 0 Å². The first-order valence-corrected chi connectivity index (χ1v) is 9.08. The SMILES string of the molecule is COc1cc(C=NO)ccc1OCc1ccc(C(=O)N2CCCCC2)cc1. The van der Waals surface area contributed by atoms with Crippen LogP contribution in [0.25, 0.3) is 0 Å². The molecular formula is C21H24N2O4. The number of likely N-dealkylation sites (tertiary alicyclic amines) is 1. The van der Waals surface area contributed by atoms with E-state index in [1.54, 1.807) is 25.3 Å². The third-order valence-electron chi connectivity index (χ3n) is 4.63. The average Bonchev–Trinajstić information content (AvgIpc) is 2.73. The third kappa shape index (κ3) is 4.78. The first-order valence-electron chi connectivity index (χ1n) is 9.08. The van der Waals surface area contributed by atoms with Gasteiger partial charge in [0.25, 0.3) is 5.91 Å². The topological polar surface area (TPSA) is 71.4 Å². The Bertz CT molecular complexity index is 796. The highest BCUT2D eigenvalue weighted by Gasteiger charge is 2.17. The molecule has 1 saturated heterocycles. The number of hydrogen-bond donors (Lipinski definition) is 1. The van der Waals surface area contributed by atoms with Crippen LogP contribution in [0.2, 0.25) is 0 Å². The summed E-state index contributed by atoms with van der Waals surface area (Å²) in [6.45, 7) is 2.06. The van der Waals surface area contributed by atoms with Gasteiger partial charge in [-0.2, -0.15) is 0 Å². The van der Waals surface area contributed by atoms with Gasteiger partial charge in [-0.1, -0.05) is 17.3 Å². The normalized spacial score (nSPS) is 14.3. The number of nitrogens with zero attached hydrogens (tertiary/aromatic N) is 2. The second kappa shape index (κ2) is 9.07. The van der Waals surface area contributed by atoms with Gasteiger partial charge in [0, 0.05) is 24.2 Å². The zero-order chi connectivity index (χ0) is 19.1. The molecule has 142 valence electrons. The van der Waals surface area contributed by atoms with Crippen molar-refractivity contribution < 1.29 is 19.5 Å². The zero-order valence-electron chi connectivity index (χ0n) is 15.4. The van der Waals surface area contributed by atoms with E-state index in [1.807, 2.05) is 29.2 Å². The number of piperidine rings is 1. The molecule has 1 amide bonds. The number of carbonyl (C=O) groups excluding carboxylic acids is 1. The predicted octanol–water partition coefficient (Wildman–Crippen LogP) is 3.71. The van der Waals surface area contributed by atoms with Gasteiger partial charge in [0.05, 0.1) is 13.3 Å². The molecule has 1 N–H and O–H groups in total. The zero-order valence-corrected chi connectivity index (χ0v) is 15.4. The van der Waals surface area contributed by atoms with E-state index in [1.165, 1.54) is 12.6 Å². The van der Waals surface area contributed by atoms with Crippen molar-refractivity contribution in [2.24, 2.45) is 5.16 Å². The van der Waals surface area contributed by atoms with Crippen LogP contribution in [0.5, 0.6) is 11.5 Å². The number of carbonyl (C=O) groups is 1. The minimum absolute atomic E-state index is 0.102. The number of methoxy groups -OCH3 is 1. The monoisotopic (exact) mass is 368 g/mol. The number of ether oxygens (including phenoxy) is 2. The maximum atomic E-state index is 12.5. The standard InChI is InChI=1S/C21H24N2O4/c1-26-20-13-17(14-22-25)7-10-19(20)27-15-16-5-8-18(9-6-16)21(24)23-11-3-2-4-12-23/h5-10,13-14,25H,2-4,11-12,15H2,1H3. The third-order valence-corrected chi connectivity index (χ3v) is 4.63. The van der Waals surface area contributed by atoms with Gasteiger partial charge in [0.2, 0.25) is 0 Å². The summed E-state index contributed by atoms with van der Waals surface area (Å²) in [7, 11) is 1.56. The fourth-order valence-corrected chi connectivity index (χ4v) is 3.13. The Morgan fingerprint density at radius 2 is 1.85 bits per heavy atom. The summed E-state index contributed by atoms with van der Waals surface area (Å²) in [5.41, 5.74) is 2.39. The Hall–Kier alpha value is -3.02. The van der Waals surface area contributed by atoms with E-state index in [0.717, 1.165) is 31.5 Å². The number of rotatable bonds is 6. The lowest BCUT2D eigenvalue weighted by molar-refractivity contribution is 0.0724. The van der Waals surface area contributed by atoms with Gasteiger partial charge in [0.1, 0.15) is 6.61 Å². The number of benzene rings is 2. The van der Waals surface area contributed by atoms with Crippen molar-refractivity contribution in [2.75, 3.05) is 20.2 Å². The van der Waals surface area contributed by atoms with Crippen molar-refractivity contribution in [2.45, 2.75) is 25.9 Å². The summed E-state index contributed by atoms with van der Waals surface area (Å²) >= 11 is 0. The minimum Gasteiger partial charge on any atom is -0.493 e. The van der Waals surface area contributed by atoms with Crippen LogP contribution < -0.4 is 9.47 Å². The highest BCUT2D eigenvalue weighted by molar-refractivity contribution is 5.94. The quantitative estimate of drug-likeness (QED) is 0.479. The van der Waals surface area contributed by atoms with Crippen molar-refractivity contribution in [1.82, 2.24) is 4.90 Å². The Kier molecular flexibility index (Phi) is 6.30. The Balaban J connectivity index is 1.62. The summed E-state index contributed by atoms with van der Waals surface area (Å²) in [6, 6.07) is 12.8. The fraction of sp³-hybridized carbons (Fsp3) is 0.333. The van der Waals surface area contributed by atoms with E-state index in [9.17, 15) is 4.79 Å². The Labute approximate surface area is 159 Å². The van der Waals surface area contributed by atoms with Crippen molar-refractivity contribution in [1.29, 1.82) is 0 Å². The maximum Gasteiger partial charge on any atom is 0.253 e. The van der Waals surface area contributed by atoms with Crippen LogP contribution in [0.3, 0.4) is 0 Å². The molecule has 0 aromatic heterocycles. The number of oxime groups is 1. The average molecular weight is 368 g/mol. The first kappa shape index (κ1) is 18.8. The molecule has 1 heterocycles. The van der Waals surface area contributed by atoms with Crippen LogP contribution in [0.15, 0.2) is 47.6 Å². The van der Waals surface area contributed by atoms with Crippen LogP contribution in [-0.2, 0) is 6.61 Å². The van der Waals surface area contributed by atoms with Gasteiger partial charge in [-0.15, -0.1) is 0 Å². The summed E-state index contributed by atoms with van der Waals surface area (Å²) in [5.74, 6) is 1.26. The fourth-order valence-electron chi connectivity index (χ4n) is 3.13. The van der Waals surface area contributed by atoms with Crippen LogP contribution in [0, 0.1) is 0 Å². The van der Waals surface area contributed by atoms with Crippen molar-refractivity contribution in [3.05, 3.63) is 59.2 Å². The molecule has 0 saturated carbocycles. The summed E-state index contributed by atoms with van der Waals surface area (Å²) in [6.07, 6.45) is 4.70. The summed E-state index contributed by atoms with van der Waals surface area (Å²) < 4.78 is 11.2. The lowest BCUT2D eigenvalue weighted by atomic mass is 10.1. The molecule has 1 aliphatic rings. The molecule has 6 nitrogen and oxygen atoms in total. The largest absolute Gasteiger partial charge is 0.493 e. The second-order valence-electron chi connectivity index (χ2n) is 6.49. The van der Waals surface area contributed by atoms with E-state index in [-0.39, 0.29) is 5.91 Å². The summed E-state index contributed by atoms with van der Waals surface area (Å²) in [5, 5.41) is 11.6. The van der Waals surface area contributed by atoms with Gasteiger partial charge in [-0.25, -0.2) is 0 Å². The maximum absolute atomic E-state index is 12.5. The molecule has 2 aromatic carbocycles. The lowest BCUT2D eigenvalue weighted by Gasteiger charge is -2.26. The van der Waals surface area contributed by atoms with Crippen LogP contribution >= 0.6 is 0 Å². The summed E-state index contributed by atoms with van der Waals surface area (Å²) in [4.78, 5) is 14.4. The van der Waals surface area contributed by atoms with Crippen LogP contribution in [0.1, 0.15) is 40.7 Å². The molecule has 0 bridgehead atoms. The molecule has 2 aromatic rings. The van der Waals surface area contributed by atoms with Crippen molar-refractivity contribution >= 4 is 12.1 Å². The molecule has 0 spiro atoms. The van der Waals surface area contributed by atoms with Gasteiger partial charge in [-0.3, -0.25) is 4.79 Å². The van der Waals surface area contributed by atoms with Crippen molar-refractivity contribution in [3.63, 3.8) is 0 Å². The first-order chi connectivity index (χ1) is 13.2. The van der Waals surface area contributed by atoms with E-state index >= 15 is 0 Å². The molecule has 27 heavy (non-hydrogen) atoms. The Morgan fingerprint density at radius 3 is 2.52 bits per heavy atom. The Morgan fingerprint density at radius 1 is 1.11 bits per heavy atom. The van der Waals surface area contributed by atoms with E-state index in [0.29, 0.717) is 29.2 Å². The van der Waals surface area contributed by atoms with Gasteiger partial charge in [-0.05, 0) is 55.2 Å². The number of amides is 1. The second-order valence-corrected chi connectivity index (χ2v) is 6.49. The van der Waals surface area contributed by atoms with Crippen LogP contribution in [0.4, 0.5) is 0 Å². The highest BCUT2D eigenvalue weighted by Crippen LogP contribution is 2.28. The molecule has 0 radical (unpaired) electrons. The van der Waals surface area contributed by atoms with Gasteiger partial charge in [0.15, 0.2) is 11.5 Å². The highest BCUT2D eigenvalue weighted by atomic mass is 16.5. The molecule has 0 aliphatic carbocycles. The molecule has 1 aliphatic heterocycles. The molecule has 1 fully saturated rings. The lowest BCUT2D eigenvalue weighted by Crippen LogP contribution is -2.35. The van der Waals surface area contributed by atoms with Crippen molar-refractivity contribution in [3.8, 4) is 11.5 Å². The minimum atomic E-state index is 0.102. The van der Waals surface area contributed by atoms with E-state index in [2.05, 4.69) is 5.16 Å². The molecular weight excluding hydrogens is 344 g/mol. The molecule has 0 unspecified atom stereocenters.